The highest BCUT2D eigenvalue weighted by atomic mass is 16.1. The van der Waals surface area contributed by atoms with Crippen molar-refractivity contribution >= 4 is 11.6 Å². The normalized spacial score (nSPS) is 16.5. The third-order valence-electron chi connectivity index (χ3n) is 4.22. The first-order chi connectivity index (χ1) is 9.21. The fourth-order valence-electron chi connectivity index (χ4n) is 2.62. The fraction of sp³-hybridized carbons (Fsp3) is 0.600. The van der Waals surface area contributed by atoms with E-state index in [1.165, 1.54) is 19.3 Å². The minimum atomic E-state index is -0.00178. The minimum Gasteiger partial charge on any atom is -0.383 e. The van der Waals surface area contributed by atoms with Crippen molar-refractivity contribution in [3.05, 3.63) is 24.0 Å². The standard InChI is InChI=1S/C15H23N3O/c1-3-15(7-5-8-15)11-18-14(19)12-6-9-16-10-13(12)17-4-2/h6,9-10,17H,3-5,7-8,11H2,1-2H3,(H,18,19). The van der Waals surface area contributed by atoms with Crippen LogP contribution in [0.3, 0.4) is 0 Å². The van der Waals surface area contributed by atoms with Crippen LogP contribution < -0.4 is 10.6 Å². The van der Waals surface area contributed by atoms with Gasteiger partial charge in [-0.25, -0.2) is 0 Å². The van der Waals surface area contributed by atoms with Gasteiger partial charge in [0.2, 0.25) is 0 Å². The van der Waals surface area contributed by atoms with E-state index in [-0.39, 0.29) is 5.91 Å². The molecule has 1 aliphatic rings. The Labute approximate surface area is 115 Å². The van der Waals surface area contributed by atoms with Crippen molar-refractivity contribution in [2.45, 2.75) is 39.5 Å². The molecule has 4 nitrogen and oxygen atoms in total. The van der Waals surface area contributed by atoms with Crippen LogP contribution in [0.1, 0.15) is 49.9 Å². The topological polar surface area (TPSA) is 54.0 Å². The molecule has 2 N–H and O–H groups in total. The highest BCUT2D eigenvalue weighted by Gasteiger charge is 2.35. The Morgan fingerprint density at radius 3 is 2.79 bits per heavy atom. The number of nitrogens with one attached hydrogen (secondary N) is 2. The number of amides is 1. The number of carbonyl (C=O) groups excluding carboxylic acids is 1. The number of anilines is 1. The summed E-state index contributed by atoms with van der Waals surface area (Å²) in [5.41, 5.74) is 1.84. The summed E-state index contributed by atoms with van der Waals surface area (Å²) in [6, 6.07) is 1.77. The first kappa shape index (κ1) is 13.8. The molecule has 4 heteroatoms. The molecule has 0 saturated heterocycles. The molecule has 0 unspecified atom stereocenters. The molecule has 1 amide bonds. The fourth-order valence-corrected chi connectivity index (χ4v) is 2.62. The number of pyridine rings is 1. The maximum atomic E-state index is 12.3. The summed E-state index contributed by atoms with van der Waals surface area (Å²) in [5, 5.41) is 6.26. The molecule has 1 heterocycles. The molecule has 0 spiro atoms. The number of aromatic nitrogens is 1. The van der Waals surface area contributed by atoms with Crippen LogP contribution in [-0.2, 0) is 0 Å². The largest absolute Gasteiger partial charge is 0.383 e. The summed E-state index contributed by atoms with van der Waals surface area (Å²) in [4.78, 5) is 16.3. The van der Waals surface area contributed by atoms with Crippen molar-refractivity contribution in [1.82, 2.24) is 10.3 Å². The van der Waals surface area contributed by atoms with Crippen molar-refractivity contribution in [2.75, 3.05) is 18.4 Å². The zero-order valence-electron chi connectivity index (χ0n) is 11.8. The Hall–Kier alpha value is -1.58. The lowest BCUT2D eigenvalue weighted by molar-refractivity contribution is 0.0850. The van der Waals surface area contributed by atoms with E-state index in [0.29, 0.717) is 11.0 Å². The first-order valence-corrected chi connectivity index (χ1v) is 7.17. The molecule has 104 valence electrons. The van der Waals surface area contributed by atoms with Crippen molar-refractivity contribution < 1.29 is 4.79 Å². The second kappa shape index (κ2) is 6.04. The zero-order valence-corrected chi connectivity index (χ0v) is 11.8. The average Bonchev–Trinajstić information content (AvgIpc) is 2.39. The van der Waals surface area contributed by atoms with Crippen LogP contribution >= 0.6 is 0 Å². The molecule has 2 rings (SSSR count). The lowest BCUT2D eigenvalue weighted by Crippen LogP contribution is -2.41. The monoisotopic (exact) mass is 261 g/mol. The summed E-state index contributed by atoms with van der Waals surface area (Å²) in [7, 11) is 0. The zero-order chi connectivity index (χ0) is 13.7. The molecular weight excluding hydrogens is 238 g/mol. The van der Waals surface area contributed by atoms with Gasteiger partial charge in [-0.1, -0.05) is 13.3 Å². The van der Waals surface area contributed by atoms with Gasteiger partial charge < -0.3 is 10.6 Å². The lowest BCUT2D eigenvalue weighted by atomic mass is 9.67. The van der Waals surface area contributed by atoms with Gasteiger partial charge in [-0.05, 0) is 37.7 Å². The number of hydrogen-bond donors (Lipinski definition) is 2. The molecular formula is C15H23N3O. The van der Waals surface area contributed by atoms with Crippen LogP contribution in [0, 0.1) is 5.41 Å². The Morgan fingerprint density at radius 2 is 2.21 bits per heavy atom. The number of rotatable bonds is 6. The molecule has 0 atom stereocenters. The second-order valence-corrected chi connectivity index (χ2v) is 5.34. The van der Waals surface area contributed by atoms with E-state index in [4.69, 9.17) is 0 Å². The Balaban J connectivity index is 1.99. The third-order valence-corrected chi connectivity index (χ3v) is 4.22. The predicted octanol–water partition coefficient (Wildman–Crippen LogP) is 2.82. The first-order valence-electron chi connectivity index (χ1n) is 7.17. The van der Waals surface area contributed by atoms with Gasteiger partial charge in [0.15, 0.2) is 0 Å². The maximum Gasteiger partial charge on any atom is 0.253 e. The second-order valence-electron chi connectivity index (χ2n) is 5.34. The smallest absolute Gasteiger partial charge is 0.253 e. The maximum absolute atomic E-state index is 12.3. The van der Waals surface area contributed by atoms with Crippen LogP contribution in [-0.4, -0.2) is 24.0 Å². The minimum absolute atomic E-state index is 0.00178. The van der Waals surface area contributed by atoms with E-state index < -0.39 is 0 Å². The molecule has 19 heavy (non-hydrogen) atoms. The molecule has 0 aliphatic heterocycles. The number of nitrogens with zero attached hydrogens (tertiary/aromatic N) is 1. The van der Waals surface area contributed by atoms with Gasteiger partial charge in [0, 0.05) is 19.3 Å². The van der Waals surface area contributed by atoms with Crippen LogP contribution in [0.25, 0.3) is 0 Å². The van der Waals surface area contributed by atoms with Crippen molar-refractivity contribution in [3.63, 3.8) is 0 Å². The Morgan fingerprint density at radius 1 is 1.42 bits per heavy atom. The SMILES string of the molecule is CCNc1cnccc1C(=O)NCC1(CC)CCC1. The summed E-state index contributed by atoms with van der Waals surface area (Å²) in [6.45, 7) is 5.79. The van der Waals surface area contributed by atoms with Gasteiger partial charge in [-0.3, -0.25) is 9.78 Å². The molecule has 0 aromatic carbocycles. The van der Waals surface area contributed by atoms with Gasteiger partial charge >= 0.3 is 0 Å². The van der Waals surface area contributed by atoms with Crippen molar-refractivity contribution in [3.8, 4) is 0 Å². The van der Waals surface area contributed by atoms with Crippen LogP contribution in [0.2, 0.25) is 0 Å². The van der Waals surface area contributed by atoms with Gasteiger partial charge in [-0.2, -0.15) is 0 Å². The molecule has 1 aromatic heterocycles. The van der Waals surface area contributed by atoms with E-state index in [1.54, 1.807) is 18.5 Å². The number of hydrogen-bond acceptors (Lipinski definition) is 3. The molecule has 0 radical (unpaired) electrons. The average molecular weight is 261 g/mol. The molecule has 1 aromatic rings. The summed E-state index contributed by atoms with van der Waals surface area (Å²) in [6.07, 6.45) is 8.28. The van der Waals surface area contributed by atoms with Crippen LogP contribution in [0.15, 0.2) is 18.5 Å². The lowest BCUT2D eigenvalue weighted by Gasteiger charge is -2.41. The van der Waals surface area contributed by atoms with E-state index >= 15 is 0 Å². The molecule has 0 bridgehead atoms. The Kier molecular flexibility index (Phi) is 4.40. The molecule has 1 aliphatic carbocycles. The van der Waals surface area contributed by atoms with Crippen LogP contribution in [0.5, 0.6) is 0 Å². The predicted molar refractivity (Wildman–Crippen MR) is 77.3 cm³/mol. The third kappa shape index (κ3) is 3.06. The van der Waals surface area contributed by atoms with Crippen molar-refractivity contribution in [1.29, 1.82) is 0 Å². The van der Waals surface area contributed by atoms with E-state index in [0.717, 1.165) is 25.2 Å². The highest BCUT2D eigenvalue weighted by molar-refractivity contribution is 5.99. The van der Waals surface area contributed by atoms with E-state index in [1.807, 2.05) is 6.92 Å². The van der Waals surface area contributed by atoms with E-state index in [2.05, 4.69) is 22.5 Å². The quantitative estimate of drug-likeness (QED) is 0.828. The van der Waals surface area contributed by atoms with Gasteiger partial charge in [0.1, 0.15) is 0 Å². The van der Waals surface area contributed by atoms with Gasteiger partial charge in [0.25, 0.3) is 5.91 Å². The van der Waals surface area contributed by atoms with Crippen molar-refractivity contribution in [2.24, 2.45) is 5.41 Å². The summed E-state index contributed by atoms with van der Waals surface area (Å²) >= 11 is 0. The van der Waals surface area contributed by atoms with E-state index in [9.17, 15) is 4.79 Å². The Bertz CT molecular complexity index is 435. The number of carbonyl (C=O) groups is 1. The van der Waals surface area contributed by atoms with Gasteiger partial charge in [0.05, 0.1) is 17.4 Å². The summed E-state index contributed by atoms with van der Waals surface area (Å²) < 4.78 is 0. The van der Waals surface area contributed by atoms with Gasteiger partial charge in [-0.15, -0.1) is 0 Å². The van der Waals surface area contributed by atoms with Crippen LogP contribution in [0.4, 0.5) is 5.69 Å². The summed E-state index contributed by atoms with van der Waals surface area (Å²) in [5.74, 6) is -0.00178. The molecule has 1 fully saturated rings. The molecule has 1 saturated carbocycles. The highest BCUT2D eigenvalue weighted by Crippen LogP contribution is 2.43.